The van der Waals surface area contributed by atoms with Gasteiger partial charge >= 0.3 is 5.97 Å². The lowest BCUT2D eigenvalue weighted by molar-refractivity contribution is -0.136. The number of carboxylic acid groups (broad SMARTS) is 1. The predicted molar refractivity (Wildman–Crippen MR) is 100 cm³/mol. The van der Waals surface area contributed by atoms with E-state index in [4.69, 9.17) is 9.84 Å². The molecule has 140 valence electrons. The monoisotopic (exact) mass is 368 g/mol. The molecule has 0 spiro atoms. The van der Waals surface area contributed by atoms with Crippen LogP contribution in [0.3, 0.4) is 0 Å². The van der Waals surface area contributed by atoms with E-state index in [1.165, 1.54) is 13.2 Å². The van der Waals surface area contributed by atoms with Crippen LogP contribution in [0.2, 0.25) is 0 Å². The van der Waals surface area contributed by atoms with E-state index in [0.717, 1.165) is 0 Å². The fourth-order valence-electron chi connectivity index (χ4n) is 2.27. The number of carboxylic acids is 1. The quantitative estimate of drug-likeness (QED) is 0.619. The van der Waals surface area contributed by atoms with Crippen LogP contribution in [0.4, 0.5) is 0 Å². The molecule has 3 N–H and O–H groups in total. The van der Waals surface area contributed by atoms with Gasteiger partial charge in [-0.1, -0.05) is 42.5 Å². The van der Waals surface area contributed by atoms with Gasteiger partial charge in [0.2, 0.25) is 0 Å². The van der Waals surface area contributed by atoms with Crippen LogP contribution in [-0.4, -0.2) is 36.5 Å². The molecule has 0 aliphatic carbocycles. The molecule has 2 aromatic carbocycles. The van der Waals surface area contributed by atoms with Gasteiger partial charge in [-0.15, -0.1) is 0 Å². The Balaban J connectivity index is 2.24. The number of carbonyl (C=O) groups excluding carboxylic acids is 2. The Hall–Kier alpha value is -3.61. The van der Waals surface area contributed by atoms with E-state index in [0.29, 0.717) is 11.3 Å². The van der Waals surface area contributed by atoms with Gasteiger partial charge in [0.25, 0.3) is 11.8 Å². The number of amides is 2. The minimum atomic E-state index is -1.03. The molecule has 7 heteroatoms. The molecule has 27 heavy (non-hydrogen) atoms. The summed E-state index contributed by atoms with van der Waals surface area (Å²) in [5, 5.41) is 13.8. The lowest BCUT2D eigenvalue weighted by atomic mass is 10.1. The average Bonchev–Trinajstić information content (AvgIpc) is 2.67. The van der Waals surface area contributed by atoms with Crippen molar-refractivity contribution in [2.75, 3.05) is 13.7 Å². The molecule has 7 nitrogen and oxygen atoms in total. The van der Waals surface area contributed by atoms with Crippen molar-refractivity contribution in [3.63, 3.8) is 0 Å². The Morgan fingerprint density at radius 2 is 1.70 bits per heavy atom. The van der Waals surface area contributed by atoms with E-state index < -0.39 is 17.8 Å². The molecule has 2 amide bonds. The van der Waals surface area contributed by atoms with Gasteiger partial charge in [0, 0.05) is 6.54 Å². The number of hydrogen-bond donors (Lipinski definition) is 3. The summed E-state index contributed by atoms with van der Waals surface area (Å²) in [5.41, 5.74) is 0.987. The SMILES string of the molecule is COc1ccccc1C(=O)NC(=Cc1ccccc1)C(=O)NCCC(=O)O. The number of nitrogens with one attached hydrogen (secondary N) is 2. The van der Waals surface area contributed by atoms with Crippen molar-refractivity contribution in [1.82, 2.24) is 10.6 Å². The first kappa shape index (κ1) is 19.7. The number of ether oxygens (including phenoxy) is 1. The van der Waals surface area contributed by atoms with E-state index in [-0.39, 0.29) is 24.2 Å². The maximum atomic E-state index is 12.6. The van der Waals surface area contributed by atoms with Crippen LogP contribution >= 0.6 is 0 Å². The Bertz CT molecular complexity index is 846. The maximum Gasteiger partial charge on any atom is 0.305 e. The highest BCUT2D eigenvalue weighted by atomic mass is 16.5. The van der Waals surface area contributed by atoms with Gasteiger partial charge in [-0.2, -0.15) is 0 Å². The fourth-order valence-corrected chi connectivity index (χ4v) is 2.27. The number of hydrogen-bond acceptors (Lipinski definition) is 4. The first-order chi connectivity index (χ1) is 13.0. The molecule has 0 bridgehead atoms. The van der Waals surface area contributed by atoms with Crippen LogP contribution in [0.15, 0.2) is 60.3 Å². The van der Waals surface area contributed by atoms with E-state index in [9.17, 15) is 14.4 Å². The Kier molecular flexibility index (Phi) is 7.13. The molecule has 0 fully saturated rings. The minimum absolute atomic E-state index is 0.00231. The summed E-state index contributed by atoms with van der Waals surface area (Å²) in [6, 6.07) is 15.6. The summed E-state index contributed by atoms with van der Waals surface area (Å²) in [6.07, 6.45) is 1.30. The summed E-state index contributed by atoms with van der Waals surface area (Å²) in [5.74, 6) is -1.74. The first-order valence-electron chi connectivity index (χ1n) is 8.22. The fraction of sp³-hybridized carbons (Fsp3) is 0.150. The highest BCUT2D eigenvalue weighted by molar-refractivity contribution is 6.06. The third kappa shape index (κ3) is 6.00. The summed E-state index contributed by atoms with van der Waals surface area (Å²) in [4.78, 5) is 35.7. The molecule has 0 radical (unpaired) electrons. The molecule has 0 aliphatic rings. The van der Waals surface area contributed by atoms with E-state index >= 15 is 0 Å². The Morgan fingerprint density at radius 3 is 2.37 bits per heavy atom. The zero-order valence-corrected chi connectivity index (χ0v) is 14.8. The maximum absolute atomic E-state index is 12.6. The van der Waals surface area contributed by atoms with Crippen LogP contribution < -0.4 is 15.4 Å². The smallest absolute Gasteiger partial charge is 0.305 e. The van der Waals surface area contributed by atoms with Gasteiger partial charge in [0.15, 0.2) is 0 Å². The molecule has 0 heterocycles. The summed E-state index contributed by atoms with van der Waals surface area (Å²) in [6.45, 7) is -0.0508. The van der Waals surface area contributed by atoms with Crippen LogP contribution in [0.25, 0.3) is 6.08 Å². The number of aliphatic carboxylic acids is 1. The highest BCUT2D eigenvalue weighted by Gasteiger charge is 2.17. The molecule has 0 aliphatic heterocycles. The van der Waals surface area contributed by atoms with E-state index in [1.54, 1.807) is 48.5 Å². The van der Waals surface area contributed by atoms with Crippen molar-refractivity contribution in [2.24, 2.45) is 0 Å². The summed E-state index contributed by atoms with van der Waals surface area (Å²) >= 11 is 0. The van der Waals surface area contributed by atoms with Gasteiger partial charge in [-0.05, 0) is 23.8 Å². The van der Waals surface area contributed by atoms with Gasteiger partial charge in [0.1, 0.15) is 11.4 Å². The van der Waals surface area contributed by atoms with E-state index in [1.807, 2.05) is 6.07 Å². The zero-order chi connectivity index (χ0) is 19.6. The molecule has 2 aromatic rings. The Labute approximate surface area is 156 Å². The van der Waals surface area contributed by atoms with Crippen molar-refractivity contribution in [1.29, 1.82) is 0 Å². The molecular weight excluding hydrogens is 348 g/mol. The molecule has 0 saturated carbocycles. The van der Waals surface area contributed by atoms with Gasteiger partial charge in [-0.25, -0.2) is 0 Å². The second-order valence-corrected chi connectivity index (χ2v) is 5.52. The lowest BCUT2D eigenvalue weighted by Gasteiger charge is -2.12. The lowest BCUT2D eigenvalue weighted by Crippen LogP contribution is -2.35. The molecule has 0 saturated heterocycles. The number of para-hydroxylation sites is 1. The normalized spacial score (nSPS) is 10.8. The standard InChI is InChI=1S/C20H20N2O5/c1-27-17-10-6-5-9-15(17)19(25)22-16(13-14-7-3-2-4-8-14)20(26)21-12-11-18(23)24/h2-10,13H,11-12H2,1H3,(H,21,26)(H,22,25)(H,23,24). The minimum Gasteiger partial charge on any atom is -0.496 e. The second kappa shape index (κ2) is 9.76. The van der Waals surface area contributed by atoms with Crippen molar-refractivity contribution in [2.45, 2.75) is 6.42 Å². The first-order valence-corrected chi connectivity index (χ1v) is 8.22. The Morgan fingerprint density at radius 1 is 1.04 bits per heavy atom. The second-order valence-electron chi connectivity index (χ2n) is 5.52. The largest absolute Gasteiger partial charge is 0.496 e. The van der Waals surface area contributed by atoms with Crippen LogP contribution in [-0.2, 0) is 9.59 Å². The summed E-state index contributed by atoms with van der Waals surface area (Å²) in [7, 11) is 1.45. The van der Waals surface area contributed by atoms with Crippen LogP contribution in [0, 0.1) is 0 Å². The van der Waals surface area contributed by atoms with Gasteiger partial charge < -0.3 is 20.5 Å². The number of carbonyl (C=O) groups is 3. The topological polar surface area (TPSA) is 105 Å². The van der Waals surface area contributed by atoms with Crippen molar-refractivity contribution >= 4 is 23.9 Å². The zero-order valence-electron chi connectivity index (χ0n) is 14.8. The van der Waals surface area contributed by atoms with E-state index in [2.05, 4.69) is 10.6 Å². The van der Waals surface area contributed by atoms with Gasteiger partial charge in [-0.3, -0.25) is 14.4 Å². The molecule has 0 atom stereocenters. The van der Waals surface area contributed by atoms with Crippen molar-refractivity contribution in [3.05, 3.63) is 71.4 Å². The van der Waals surface area contributed by atoms with Gasteiger partial charge in [0.05, 0.1) is 19.1 Å². The molecular formula is C20H20N2O5. The molecule has 0 aromatic heterocycles. The van der Waals surface area contributed by atoms with Crippen molar-refractivity contribution < 1.29 is 24.2 Å². The number of benzene rings is 2. The molecule has 0 unspecified atom stereocenters. The predicted octanol–water partition coefficient (Wildman–Crippen LogP) is 2.06. The van der Waals surface area contributed by atoms with Crippen LogP contribution in [0.1, 0.15) is 22.3 Å². The third-order valence-electron chi connectivity index (χ3n) is 3.58. The third-order valence-corrected chi connectivity index (χ3v) is 3.58. The summed E-state index contributed by atoms with van der Waals surface area (Å²) < 4.78 is 5.17. The molecule has 2 rings (SSSR count). The van der Waals surface area contributed by atoms with Crippen molar-refractivity contribution in [3.8, 4) is 5.75 Å². The van der Waals surface area contributed by atoms with Crippen LogP contribution in [0.5, 0.6) is 5.75 Å². The average molecular weight is 368 g/mol. The number of rotatable bonds is 8. The highest BCUT2D eigenvalue weighted by Crippen LogP contribution is 2.17. The number of methoxy groups -OCH3 is 1.